The highest BCUT2D eigenvalue weighted by Gasteiger charge is 2.34. The van der Waals surface area contributed by atoms with Crippen LogP contribution in [0.1, 0.15) is 50.8 Å². The minimum absolute atomic E-state index is 0.0508. The van der Waals surface area contributed by atoms with E-state index in [4.69, 9.17) is 4.74 Å². The van der Waals surface area contributed by atoms with Crippen molar-refractivity contribution in [2.75, 3.05) is 17.5 Å². The van der Waals surface area contributed by atoms with E-state index < -0.39 is 28.5 Å². The van der Waals surface area contributed by atoms with Crippen LogP contribution in [0.25, 0.3) is 0 Å². The van der Waals surface area contributed by atoms with Gasteiger partial charge in [-0.1, -0.05) is 66.6 Å². The van der Waals surface area contributed by atoms with Crippen molar-refractivity contribution >= 4 is 27.5 Å². The van der Waals surface area contributed by atoms with Gasteiger partial charge in [0.1, 0.15) is 18.3 Å². The Bertz CT molecular complexity index is 1420. The lowest BCUT2D eigenvalue weighted by Gasteiger charge is -2.33. The third-order valence-electron chi connectivity index (χ3n) is 6.96. The van der Waals surface area contributed by atoms with Crippen molar-refractivity contribution in [2.45, 2.75) is 71.5 Å². The summed E-state index contributed by atoms with van der Waals surface area (Å²) in [5.74, 6) is -0.479. The first kappa shape index (κ1) is 31.7. The van der Waals surface area contributed by atoms with E-state index in [2.05, 4.69) is 5.32 Å². The zero-order valence-electron chi connectivity index (χ0n) is 24.8. The maximum absolute atomic E-state index is 14.1. The summed E-state index contributed by atoms with van der Waals surface area (Å²) in [5.41, 5.74) is 3.05. The Morgan fingerprint density at radius 2 is 1.46 bits per heavy atom. The number of para-hydroxylation sites is 2. The molecular formula is C32H41N3O5S. The van der Waals surface area contributed by atoms with Crippen LogP contribution < -0.4 is 14.4 Å². The summed E-state index contributed by atoms with van der Waals surface area (Å²) < 4.78 is 35.0. The second-order valence-corrected chi connectivity index (χ2v) is 12.1. The van der Waals surface area contributed by atoms with Gasteiger partial charge >= 0.3 is 0 Å². The molecule has 0 heterocycles. The first-order chi connectivity index (χ1) is 19.5. The molecule has 2 atom stereocenters. The van der Waals surface area contributed by atoms with Gasteiger partial charge in [0.2, 0.25) is 11.8 Å². The first-order valence-corrected chi connectivity index (χ1v) is 15.4. The maximum Gasteiger partial charge on any atom is 0.264 e. The van der Waals surface area contributed by atoms with Gasteiger partial charge in [-0.15, -0.1) is 0 Å². The number of hydrogen-bond acceptors (Lipinski definition) is 5. The molecule has 220 valence electrons. The normalized spacial score (nSPS) is 12.7. The number of benzene rings is 3. The molecule has 0 aromatic heterocycles. The molecule has 3 rings (SSSR count). The summed E-state index contributed by atoms with van der Waals surface area (Å²) in [4.78, 5) is 28.8. The third kappa shape index (κ3) is 8.10. The van der Waals surface area contributed by atoms with Crippen molar-refractivity contribution < 1.29 is 22.7 Å². The van der Waals surface area contributed by atoms with Crippen LogP contribution in [0, 0.1) is 13.8 Å². The zero-order valence-corrected chi connectivity index (χ0v) is 25.6. The smallest absolute Gasteiger partial charge is 0.264 e. The van der Waals surface area contributed by atoms with E-state index in [0.717, 1.165) is 27.4 Å². The highest BCUT2D eigenvalue weighted by Crippen LogP contribution is 2.33. The quantitative estimate of drug-likeness (QED) is 0.299. The predicted molar refractivity (Wildman–Crippen MR) is 162 cm³/mol. The van der Waals surface area contributed by atoms with Gasteiger partial charge in [0.05, 0.1) is 17.2 Å². The van der Waals surface area contributed by atoms with E-state index in [0.29, 0.717) is 12.4 Å². The fourth-order valence-corrected chi connectivity index (χ4v) is 5.65. The molecule has 1 N–H and O–H groups in total. The van der Waals surface area contributed by atoms with E-state index in [-0.39, 0.29) is 29.1 Å². The van der Waals surface area contributed by atoms with Crippen LogP contribution in [0.2, 0.25) is 0 Å². The van der Waals surface area contributed by atoms with Gasteiger partial charge in [-0.25, -0.2) is 8.42 Å². The molecule has 0 unspecified atom stereocenters. The molecule has 3 aromatic rings. The highest BCUT2D eigenvalue weighted by atomic mass is 32.2. The molecule has 2 amide bonds. The van der Waals surface area contributed by atoms with Crippen molar-refractivity contribution in [3.63, 3.8) is 0 Å². The third-order valence-corrected chi connectivity index (χ3v) is 8.74. The number of sulfonamides is 1. The van der Waals surface area contributed by atoms with Crippen LogP contribution in [0.4, 0.5) is 5.69 Å². The van der Waals surface area contributed by atoms with Gasteiger partial charge in [-0.2, -0.15) is 0 Å². The minimum atomic E-state index is -4.18. The average molecular weight is 580 g/mol. The van der Waals surface area contributed by atoms with Crippen molar-refractivity contribution in [3.05, 3.63) is 89.5 Å². The average Bonchev–Trinajstić information content (AvgIpc) is 2.95. The number of rotatable bonds is 13. The molecule has 0 aliphatic rings. The Morgan fingerprint density at radius 1 is 0.878 bits per heavy atom. The molecule has 8 nitrogen and oxygen atoms in total. The van der Waals surface area contributed by atoms with Gasteiger partial charge in [0.25, 0.3) is 10.0 Å². The standard InChI is InChI=1S/C32H41N3O5S/c1-7-25(5)33-32(37)26(6)34(21-27-17-13-23(3)14-18-27)31(36)22-35(29-11-9-10-12-30(29)40-8-2)41(38,39)28-19-15-24(4)16-20-28/h9-20,25-26H,7-8,21-22H2,1-6H3,(H,33,37)/t25-,26+/m0/s1. The van der Waals surface area contributed by atoms with E-state index in [1.807, 2.05) is 58.9 Å². The number of amides is 2. The number of hydrogen-bond donors (Lipinski definition) is 1. The van der Waals surface area contributed by atoms with Crippen molar-refractivity contribution in [1.82, 2.24) is 10.2 Å². The van der Waals surface area contributed by atoms with Gasteiger partial charge in [0.15, 0.2) is 0 Å². The Morgan fingerprint density at radius 3 is 2.05 bits per heavy atom. The molecule has 9 heteroatoms. The lowest BCUT2D eigenvalue weighted by atomic mass is 10.1. The fraction of sp³-hybridized carbons (Fsp3) is 0.375. The molecule has 0 spiro atoms. The lowest BCUT2D eigenvalue weighted by Crippen LogP contribution is -2.52. The maximum atomic E-state index is 14.1. The van der Waals surface area contributed by atoms with E-state index in [9.17, 15) is 18.0 Å². The topological polar surface area (TPSA) is 96.0 Å². The summed E-state index contributed by atoms with van der Waals surface area (Å²) in [7, 11) is -4.18. The Hall–Kier alpha value is -3.85. The zero-order chi connectivity index (χ0) is 30.2. The summed E-state index contributed by atoms with van der Waals surface area (Å²) >= 11 is 0. The fourth-order valence-electron chi connectivity index (χ4n) is 4.23. The summed E-state index contributed by atoms with van der Waals surface area (Å²) in [5, 5.41) is 2.95. The van der Waals surface area contributed by atoms with Gasteiger partial charge < -0.3 is 15.0 Å². The van der Waals surface area contributed by atoms with E-state index >= 15 is 0 Å². The molecule has 0 fully saturated rings. The second kappa shape index (κ2) is 14.2. The second-order valence-electron chi connectivity index (χ2n) is 10.2. The molecular weight excluding hydrogens is 538 g/mol. The van der Waals surface area contributed by atoms with Crippen LogP contribution in [-0.2, 0) is 26.2 Å². The predicted octanol–water partition coefficient (Wildman–Crippen LogP) is 5.23. The number of nitrogens with one attached hydrogen (secondary N) is 1. The number of carbonyl (C=O) groups is 2. The van der Waals surface area contributed by atoms with Gasteiger partial charge in [-0.05, 0) is 70.9 Å². The van der Waals surface area contributed by atoms with Crippen molar-refractivity contribution in [1.29, 1.82) is 0 Å². The lowest BCUT2D eigenvalue weighted by molar-refractivity contribution is -0.139. The van der Waals surface area contributed by atoms with E-state index in [1.54, 1.807) is 43.3 Å². The molecule has 0 saturated carbocycles. The van der Waals surface area contributed by atoms with Crippen molar-refractivity contribution in [2.24, 2.45) is 0 Å². The largest absolute Gasteiger partial charge is 0.492 e. The molecule has 0 aliphatic heterocycles. The van der Waals surface area contributed by atoms with Crippen LogP contribution >= 0.6 is 0 Å². The summed E-state index contributed by atoms with van der Waals surface area (Å²) in [6.07, 6.45) is 0.737. The van der Waals surface area contributed by atoms with Gasteiger partial charge in [0, 0.05) is 12.6 Å². The minimum Gasteiger partial charge on any atom is -0.492 e. The molecule has 0 aliphatic carbocycles. The summed E-state index contributed by atoms with van der Waals surface area (Å²) in [6.45, 7) is 11.1. The SMILES string of the molecule is CCOc1ccccc1N(CC(=O)N(Cc1ccc(C)cc1)[C@H](C)C(=O)N[C@@H](C)CC)S(=O)(=O)c1ccc(C)cc1. The van der Waals surface area contributed by atoms with Crippen LogP contribution in [0.3, 0.4) is 0 Å². The molecule has 0 bridgehead atoms. The molecule has 41 heavy (non-hydrogen) atoms. The Kier molecular flexibility index (Phi) is 10.9. The van der Waals surface area contributed by atoms with Gasteiger partial charge in [-0.3, -0.25) is 13.9 Å². The monoisotopic (exact) mass is 579 g/mol. The number of carbonyl (C=O) groups excluding carboxylic acids is 2. The number of nitrogens with zero attached hydrogens (tertiary/aromatic N) is 2. The van der Waals surface area contributed by atoms with Crippen LogP contribution in [0.15, 0.2) is 77.7 Å². The molecule has 0 radical (unpaired) electrons. The van der Waals surface area contributed by atoms with Crippen LogP contribution in [0.5, 0.6) is 5.75 Å². The first-order valence-electron chi connectivity index (χ1n) is 13.9. The number of aryl methyl sites for hydroxylation is 2. The van der Waals surface area contributed by atoms with Crippen LogP contribution in [-0.4, -0.2) is 50.4 Å². The summed E-state index contributed by atoms with van der Waals surface area (Å²) in [6, 6.07) is 20.0. The molecule has 0 saturated heterocycles. The van der Waals surface area contributed by atoms with E-state index in [1.165, 1.54) is 17.0 Å². The molecule has 3 aromatic carbocycles. The number of ether oxygens (including phenoxy) is 1. The van der Waals surface area contributed by atoms with Crippen molar-refractivity contribution in [3.8, 4) is 5.75 Å². The highest BCUT2D eigenvalue weighted by molar-refractivity contribution is 7.92. The Labute approximate surface area is 244 Å². The number of anilines is 1. The Balaban J connectivity index is 2.07.